The van der Waals surface area contributed by atoms with E-state index >= 15 is 0 Å². The monoisotopic (exact) mass is 1020 g/mol. The summed E-state index contributed by atoms with van der Waals surface area (Å²) in [5.41, 5.74) is 6.40. The molecule has 5 atom stereocenters. The number of likely N-dealkylation sites (tertiary alicyclic amines) is 1. The van der Waals surface area contributed by atoms with Gasteiger partial charge in [0.2, 0.25) is 17.5 Å². The number of aryl methyl sites for hydroxylation is 1. The molecular formula is C54H71N9O9S. The third kappa shape index (κ3) is 10.8. The van der Waals surface area contributed by atoms with Gasteiger partial charge in [-0.1, -0.05) is 46.4 Å². The first kappa shape index (κ1) is 53.5. The molecule has 8 rings (SSSR count). The molecule has 18 nitrogen and oxygen atoms in total. The second kappa shape index (κ2) is 21.2. The fourth-order valence-electron chi connectivity index (χ4n) is 10.8. The maximum absolute atomic E-state index is 14.7. The number of β-amino-alcohol motifs (C(OH)–C–C–N with tert-alkyl or cyclic N) is 1. The molecule has 3 aromatic heterocycles. The fourth-order valence-corrected chi connectivity index (χ4v) is 11.6. The maximum atomic E-state index is 14.7. The summed E-state index contributed by atoms with van der Waals surface area (Å²) in [6.45, 7) is 17.5. The Balaban J connectivity index is 1.21. The van der Waals surface area contributed by atoms with Crippen LogP contribution in [0.3, 0.4) is 0 Å². The molecule has 1 aromatic carbocycles. The van der Waals surface area contributed by atoms with Crippen molar-refractivity contribution in [1.29, 1.82) is 0 Å². The summed E-state index contributed by atoms with van der Waals surface area (Å²) in [5.74, 6) is -3.91. The molecule has 73 heavy (non-hydrogen) atoms. The SMILES string of the molecule is C=CC(=O)N1CCC(O)(C(=O)N(C)[C@H](C(=O)N[C@H]2Cc3nc(cs3)-c3ccc4c(c3)c(c(-c3cc(C5=CCN(C)CC5)cnc3[C@H](C)OC)n4CC)CC(C)(C)COC(=O)[C@@]3(O)CCCN(N3)C2=O)C(C)C)C1. The highest BCUT2D eigenvalue weighted by Gasteiger charge is 2.49. The van der Waals surface area contributed by atoms with Crippen molar-refractivity contribution in [3.05, 3.63) is 76.4 Å². The van der Waals surface area contributed by atoms with Gasteiger partial charge in [-0.15, -0.1) is 11.3 Å². The van der Waals surface area contributed by atoms with E-state index in [2.05, 4.69) is 65.0 Å². The quantitative estimate of drug-likeness (QED) is 0.117. The number of likely N-dealkylation sites (N-methyl/N-ethyl adjacent to an activating group) is 2. The van der Waals surface area contributed by atoms with Gasteiger partial charge >= 0.3 is 5.97 Å². The van der Waals surface area contributed by atoms with Crippen LogP contribution in [0.1, 0.15) is 95.2 Å². The highest BCUT2D eigenvalue weighted by molar-refractivity contribution is 7.10. The van der Waals surface area contributed by atoms with Gasteiger partial charge in [0.05, 0.1) is 41.3 Å². The molecule has 0 spiro atoms. The minimum absolute atomic E-state index is 0.0319. The van der Waals surface area contributed by atoms with Gasteiger partial charge in [0.1, 0.15) is 12.1 Å². The van der Waals surface area contributed by atoms with E-state index < -0.39 is 64.3 Å². The minimum atomic E-state index is -2.28. The first-order valence-electron chi connectivity index (χ1n) is 25.3. The van der Waals surface area contributed by atoms with Gasteiger partial charge < -0.3 is 44.3 Å². The van der Waals surface area contributed by atoms with Crippen LogP contribution in [0.4, 0.5) is 0 Å². The van der Waals surface area contributed by atoms with E-state index in [1.54, 1.807) is 21.0 Å². The van der Waals surface area contributed by atoms with Crippen molar-refractivity contribution in [3.8, 4) is 22.5 Å². The largest absolute Gasteiger partial charge is 0.462 e. The Labute approximate surface area is 431 Å². The number of thiazole rings is 1. The van der Waals surface area contributed by atoms with Gasteiger partial charge in [-0.3, -0.25) is 29.2 Å². The Kier molecular flexibility index (Phi) is 15.5. The smallest absolute Gasteiger partial charge is 0.355 e. The summed E-state index contributed by atoms with van der Waals surface area (Å²) in [4.78, 5) is 84.8. The average molecular weight is 1020 g/mol. The first-order chi connectivity index (χ1) is 34.6. The van der Waals surface area contributed by atoms with E-state index in [4.69, 9.17) is 19.4 Å². The van der Waals surface area contributed by atoms with Gasteiger partial charge in [0.25, 0.3) is 11.8 Å². The molecule has 7 heterocycles. The van der Waals surface area contributed by atoms with E-state index in [1.807, 2.05) is 38.4 Å². The van der Waals surface area contributed by atoms with Crippen LogP contribution < -0.4 is 10.7 Å². The number of nitrogens with one attached hydrogen (secondary N) is 2. The van der Waals surface area contributed by atoms with Crippen LogP contribution in [0, 0.1) is 11.3 Å². The van der Waals surface area contributed by atoms with Gasteiger partial charge in [-0.25, -0.2) is 9.78 Å². The summed E-state index contributed by atoms with van der Waals surface area (Å²) >= 11 is 1.33. The average Bonchev–Trinajstić information content (AvgIpc) is 4.10. The predicted octanol–water partition coefficient (Wildman–Crippen LogP) is 4.87. The van der Waals surface area contributed by atoms with Crippen molar-refractivity contribution >= 4 is 57.4 Å². The molecular weight excluding hydrogens is 951 g/mol. The number of hydrogen-bond acceptors (Lipinski definition) is 14. The normalized spacial score (nSPS) is 23.7. The Morgan fingerprint density at radius 2 is 1.88 bits per heavy atom. The number of carbonyl (C=O) groups excluding carboxylic acids is 5. The number of carbonyl (C=O) groups is 5. The molecule has 1 unspecified atom stereocenters. The van der Waals surface area contributed by atoms with Crippen molar-refractivity contribution in [1.82, 2.24) is 45.0 Å². The zero-order valence-electron chi connectivity index (χ0n) is 43.6. The van der Waals surface area contributed by atoms with Gasteiger partial charge in [-0.2, -0.15) is 5.43 Å². The number of fused-ring (bicyclic) bond motifs is 6. The number of nitrogens with zero attached hydrogens (tertiary/aromatic N) is 7. The lowest BCUT2D eigenvalue weighted by Crippen LogP contribution is -2.67. The van der Waals surface area contributed by atoms with Crippen molar-refractivity contribution < 1.29 is 43.7 Å². The molecule has 4 aromatic rings. The number of methoxy groups -OCH3 is 1. The van der Waals surface area contributed by atoms with Crippen LogP contribution in [-0.2, 0) is 52.8 Å². The van der Waals surface area contributed by atoms with Gasteiger partial charge in [-0.05, 0) is 87.1 Å². The molecule has 392 valence electrons. The first-order valence-corrected chi connectivity index (χ1v) is 26.2. The van der Waals surface area contributed by atoms with Crippen LogP contribution in [-0.4, -0.2) is 158 Å². The molecule has 6 bridgehead atoms. The zero-order chi connectivity index (χ0) is 52.7. The van der Waals surface area contributed by atoms with E-state index in [0.717, 1.165) is 75.1 Å². The second-order valence-electron chi connectivity index (χ2n) is 21.3. The third-order valence-corrected chi connectivity index (χ3v) is 15.8. The highest BCUT2D eigenvalue weighted by Crippen LogP contribution is 2.43. The number of hydrogen-bond donors (Lipinski definition) is 4. The Morgan fingerprint density at radius 3 is 2.56 bits per heavy atom. The third-order valence-electron chi connectivity index (χ3n) is 14.9. The maximum Gasteiger partial charge on any atom is 0.355 e. The summed E-state index contributed by atoms with van der Waals surface area (Å²) in [6.07, 6.45) is 6.43. The van der Waals surface area contributed by atoms with Crippen LogP contribution in [0.25, 0.3) is 39.0 Å². The molecule has 0 aliphatic carbocycles. The summed E-state index contributed by atoms with van der Waals surface area (Å²) < 4.78 is 14.3. The fraction of sp³-hybridized carbons (Fsp3) is 0.537. The number of rotatable bonds is 11. The summed E-state index contributed by atoms with van der Waals surface area (Å²) in [6, 6.07) is 6.07. The number of cyclic esters (lactones) is 1. The van der Waals surface area contributed by atoms with Gasteiger partial charge in [0.15, 0.2) is 5.60 Å². The van der Waals surface area contributed by atoms with Crippen molar-refractivity contribution in [3.63, 3.8) is 0 Å². The van der Waals surface area contributed by atoms with Crippen molar-refractivity contribution in [2.45, 2.75) is 116 Å². The van der Waals surface area contributed by atoms with Crippen LogP contribution in [0.15, 0.2) is 54.6 Å². The molecule has 4 N–H and O–H groups in total. The number of ether oxygens (including phenoxy) is 2. The highest BCUT2D eigenvalue weighted by atomic mass is 32.1. The summed E-state index contributed by atoms with van der Waals surface area (Å²) in [7, 11) is 5.22. The van der Waals surface area contributed by atoms with E-state index in [1.165, 1.54) is 33.8 Å². The van der Waals surface area contributed by atoms with Gasteiger partial charge in [0, 0.05) is 105 Å². The second-order valence-corrected chi connectivity index (χ2v) is 22.2. The molecule has 4 aliphatic rings. The van der Waals surface area contributed by atoms with Crippen molar-refractivity contribution in [2.75, 3.05) is 60.5 Å². The predicted molar refractivity (Wildman–Crippen MR) is 278 cm³/mol. The number of amides is 4. The molecule has 19 heteroatoms. The molecule has 0 saturated carbocycles. The lowest BCUT2D eigenvalue weighted by Gasteiger charge is -2.40. The standard InChI is InChI=1S/C54H71N9O9S/c1-11-44(64)61-23-19-53(69,30-61)50(67)60(9)46(32(3)4)48(65)57-40-26-43-56-41(29-73-43)35-14-15-42-37(24-35)39(27-52(6,7)31-72-51(68)54(70)18-13-20-63(58-54)49(40)66)47(62(42)12-2)38-25-36(28-55-45(38)33(5)71-10)34-16-21-59(8)22-17-34/h11,14-16,24-25,28-29,32-33,40,46,58,69-70H,1,12-13,17-23,26-27,30-31H2,2-10H3,(H,57,65)/t33-,40-,46-,53?,54-/m0/s1. The molecule has 4 amide bonds. The number of hydrazine groups is 1. The Hall–Kier alpha value is -5.83. The van der Waals surface area contributed by atoms with E-state index in [0.29, 0.717) is 23.7 Å². The van der Waals surface area contributed by atoms with Crippen LogP contribution >= 0.6 is 11.3 Å². The zero-order valence-corrected chi connectivity index (χ0v) is 44.4. The lowest BCUT2D eigenvalue weighted by atomic mass is 9.84. The van der Waals surface area contributed by atoms with Crippen molar-refractivity contribution in [2.24, 2.45) is 11.3 Å². The van der Waals surface area contributed by atoms with E-state index in [-0.39, 0.29) is 58.0 Å². The molecule has 0 radical (unpaired) electrons. The lowest BCUT2D eigenvalue weighted by molar-refractivity contribution is -0.189. The number of pyridine rings is 1. The topological polar surface area (TPSA) is 212 Å². The minimum Gasteiger partial charge on any atom is -0.462 e. The number of aliphatic hydroxyl groups is 2. The number of aromatic nitrogens is 3. The van der Waals surface area contributed by atoms with Crippen LogP contribution in [0.2, 0.25) is 0 Å². The molecule has 2 saturated heterocycles. The Morgan fingerprint density at radius 1 is 1.11 bits per heavy atom. The number of benzene rings is 1. The van der Waals surface area contributed by atoms with E-state index in [9.17, 15) is 34.2 Å². The molecule has 2 fully saturated rings. The Bertz CT molecular complexity index is 2840. The molecule has 4 aliphatic heterocycles. The van der Waals surface area contributed by atoms with Crippen LogP contribution in [0.5, 0.6) is 0 Å². The summed E-state index contributed by atoms with van der Waals surface area (Å²) in [5, 5.41) is 31.0. The number of esters is 1.